The molecule has 5 aromatic heterocycles. The summed E-state index contributed by atoms with van der Waals surface area (Å²) in [4.78, 5) is 38.1. The summed E-state index contributed by atoms with van der Waals surface area (Å²) in [5, 5.41) is 3.27. The van der Waals surface area contributed by atoms with Crippen molar-refractivity contribution in [2.45, 2.75) is 25.8 Å². The van der Waals surface area contributed by atoms with Crippen molar-refractivity contribution < 1.29 is 9.21 Å². The van der Waals surface area contributed by atoms with Crippen LogP contribution in [-0.2, 0) is 6.42 Å². The van der Waals surface area contributed by atoms with Gasteiger partial charge in [-0.2, -0.15) is 0 Å². The first-order valence-electron chi connectivity index (χ1n) is 12.4. The van der Waals surface area contributed by atoms with Crippen LogP contribution in [0.15, 0.2) is 59.6 Å². The second-order valence-electron chi connectivity index (χ2n) is 9.34. The number of hydrogen-bond acceptors (Lipinski definition) is 10. The third-order valence-corrected chi connectivity index (χ3v) is 6.80. The Balaban J connectivity index is 1.29. The van der Waals surface area contributed by atoms with Gasteiger partial charge in [0, 0.05) is 54.9 Å². The number of fused-ring (bicyclic) bond motifs is 1. The van der Waals surface area contributed by atoms with Gasteiger partial charge in [0.15, 0.2) is 17.3 Å². The van der Waals surface area contributed by atoms with Crippen LogP contribution in [0.25, 0.3) is 28.5 Å². The van der Waals surface area contributed by atoms with Crippen molar-refractivity contribution in [3.8, 4) is 22.8 Å². The van der Waals surface area contributed by atoms with E-state index in [9.17, 15) is 4.79 Å². The smallest absolute Gasteiger partial charge is 0.247 e. The van der Waals surface area contributed by atoms with E-state index in [-0.39, 0.29) is 29.6 Å². The summed E-state index contributed by atoms with van der Waals surface area (Å²) in [7, 11) is 1.96. The van der Waals surface area contributed by atoms with Crippen LogP contribution in [0.2, 0.25) is 0 Å². The van der Waals surface area contributed by atoms with E-state index in [2.05, 4.69) is 25.2 Å². The fourth-order valence-electron chi connectivity index (χ4n) is 4.58. The standard InChI is InChI=1S/C27H27N9O2/c1-16-12-31-21-9-6-17(13-36(16)21)23-25(27-30-10-11-38-27)34-26(28)24(33-23)20(37)8-7-18-4-3-5-22(32-18)35-14-19(15-35)29-2/h3-6,9-13,19,29H,7-8,14-15H2,1-2H3,(H2,28,34). The summed E-state index contributed by atoms with van der Waals surface area (Å²) in [5.74, 6) is 1.02. The second kappa shape index (κ2) is 9.67. The van der Waals surface area contributed by atoms with E-state index in [0.29, 0.717) is 23.9 Å². The number of anilines is 2. The molecule has 0 unspecified atom stereocenters. The lowest BCUT2D eigenvalue weighted by molar-refractivity contribution is 0.0978. The number of nitrogens with one attached hydrogen (secondary N) is 1. The van der Waals surface area contributed by atoms with Gasteiger partial charge in [-0.15, -0.1) is 0 Å². The average Bonchev–Trinajstić information content (AvgIpc) is 3.57. The molecular weight excluding hydrogens is 482 g/mol. The lowest BCUT2D eigenvalue weighted by Gasteiger charge is -2.40. The van der Waals surface area contributed by atoms with Crippen molar-refractivity contribution in [2.24, 2.45) is 0 Å². The number of carbonyl (C=O) groups excluding carboxylic acids is 1. The number of aromatic nitrogens is 6. The first-order valence-corrected chi connectivity index (χ1v) is 12.4. The lowest BCUT2D eigenvalue weighted by atomic mass is 10.1. The third kappa shape index (κ3) is 4.37. The number of ketones is 1. The van der Waals surface area contributed by atoms with Crippen molar-refractivity contribution in [3.05, 3.63) is 72.3 Å². The van der Waals surface area contributed by atoms with Gasteiger partial charge in [0.1, 0.15) is 29.1 Å². The molecule has 1 fully saturated rings. The van der Waals surface area contributed by atoms with Crippen LogP contribution in [0.3, 0.4) is 0 Å². The van der Waals surface area contributed by atoms with Gasteiger partial charge in [-0.05, 0) is 44.7 Å². The maximum Gasteiger partial charge on any atom is 0.247 e. The first-order chi connectivity index (χ1) is 18.5. The van der Waals surface area contributed by atoms with Crippen LogP contribution in [0.4, 0.5) is 11.6 Å². The SMILES string of the molecule is CNC1CN(c2cccc(CCC(=O)c3nc(-c4ccc5ncc(C)n5c4)c(-c4ncco4)nc3N)n2)C1. The van der Waals surface area contributed by atoms with Crippen LogP contribution in [-0.4, -0.2) is 61.3 Å². The molecule has 0 radical (unpaired) electrons. The van der Waals surface area contributed by atoms with Gasteiger partial charge < -0.3 is 24.8 Å². The van der Waals surface area contributed by atoms with Crippen LogP contribution >= 0.6 is 0 Å². The van der Waals surface area contributed by atoms with E-state index in [0.717, 1.165) is 41.5 Å². The van der Waals surface area contributed by atoms with Crippen molar-refractivity contribution in [1.29, 1.82) is 0 Å². The molecule has 1 aliphatic rings. The van der Waals surface area contributed by atoms with Gasteiger partial charge >= 0.3 is 0 Å². The molecule has 38 heavy (non-hydrogen) atoms. The molecule has 11 nitrogen and oxygen atoms in total. The predicted molar refractivity (Wildman–Crippen MR) is 143 cm³/mol. The zero-order valence-corrected chi connectivity index (χ0v) is 21.1. The van der Waals surface area contributed by atoms with Crippen LogP contribution < -0.4 is 16.0 Å². The highest BCUT2D eigenvalue weighted by atomic mass is 16.3. The Bertz CT molecular complexity index is 1620. The topological polar surface area (TPSA) is 140 Å². The number of imidazole rings is 1. The van der Waals surface area contributed by atoms with Gasteiger partial charge in [-0.25, -0.2) is 24.9 Å². The van der Waals surface area contributed by atoms with E-state index in [4.69, 9.17) is 20.1 Å². The number of nitrogens with zero attached hydrogens (tertiary/aromatic N) is 7. The summed E-state index contributed by atoms with van der Waals surface area (Å²) in [6.07, 6.45) is 7.35. The zero-order valence-electron chi connectivity index (χ0n) is 21.1. The van der Waals surface area contributed by atoms with E-state index in [1.807, 2.05) is 54.9 Å². The highest BCUT2D eigenvalue weighted by Gasteiger charge is 2.26. The Morgan fingerprint density at radius 1 is 1.13 bits per heavy atom. The van der Waals surface area contributed by atoms with Gasteiger partial charge in [0.05, 0.1) is 6.20 Å². The van der Waals surface area contributed by atoms with E-state index < -0.39 is 0 Å². The van der Waals surface area contributed by atoms with Crippen LogP contribution in [0.1, 0.15) is 28.3 Å². The molecular formula is C27H27N9O2. The second-order valence-corrected chi connectivity index (χ2v) is 9.34. The summed E-state index contributed by atoms with van der Waals surface area (Å²) in [6.45, 7) is 3.80. The number of Topliss-reactive ketones (excluding diaryl/α,β-unsaturated/α-hetero) is 1. The van der Waals surface area contributed by atoms with Gasteiger partial charge in [-0.3, -0.25) is 4.79 Å². The molecule has 0 spiro atoms. The predicted octanol–water partition coefficient (Wildman–Crippen LogP) is 2.96. The molecule has 0 aliphatic carbocycles. The highest BCUT2D eigenvalue weighted by molar-refractivity contribution is 5.99. The highest BCUT2D eigenvalue weighted by Crippen LogP contribution is 2.31. The number of carbonyl (C=O) groups is 1. The molecule has 3 N–H and O–H groups in total. The molecule has 0 atom stereocenters. The normalized spacial score (nSPS) is 13.7. The van der Waals surface area contributed by atoms with Crippen LogP contribution in [0.5, 0.6) is 0 Å². The molecule has 1 aliphatic heterocycles. The minimum Gasteiger partial charge on any atom is -0.443 e. The average molecular weight is 510 g/mol. The summed E-state index contributed by atoms with van der Waals surface area (Å²) in [6, 6.07) is 10.1. The third-order valence-electron chi connectivity index (χ3n) is 6.80. The molecule has 11 heteroatoms. The van der Waals surface area contributed by atoms with Crippen molar-refractivity contribution in [3.63, 3.8) is 0 Å². The summed E-state index contributed by atoms with van der Waals surface area (Å²) >= 11 is 0. The largest absolute Gasteiger partial charge is 0.443 e. The number of likely N-dealkylation sites (N-methyl/N-ethyl adjacent to an activating group) is 1. The molecule has 0 bridgehead atoms. The molecule has 6 rings (SSSR count). The molecule has 5 aromatic rings. The summed E-state index contributed by atoms with van der Waals surface area (Å²) in [5.41, 5.74) is 10.5. The Kier molecular flexibility index (Phi) is 6.04. The van der Waals surface area contributed by atoms with Gasteiger partial charge in [-0.1, -0.05) is 6.07 Å². The van der Waals surface area contributed by atoms with Gasteiger partial charge in [0.2, 0.25) is 5.89 Å². The number of hydrogen-bond donors (Lipinski definition) is 2. The monoisotopic (exact) mass is 509 g/mol. The maximum atomic E-state index is 13.3. The maximum absolute atomic E-state index is 13.3. The number of rotatable bonds is 8. The Morgan fingerprint density at radius 2 is 2.00 bits per heavy atom. The Hall–Kier alpha value is -4.64. The Labute approximate surface area is 218 Å². The quantitative estimate of drug-likeness (QED) is 0.300. The van der Waals surface area contributed by atoms with E-state index in [1.165, 1.54) is 12.5 Å². The molecule has 192 valence electrons. The Morgan fingerprint density at radius 3 is 2.79 bits per heavy atom. The number of aryl methyl sites for hydroxylation is 2. The fraction of sp³-hybridized carbons (Fsp3) is 0.259. The summed E-state index contributed by atoms with van der Waals surface area (Å²) < 4.78 is 7.46. The van der Waals surface area contributed by atoms with Crippen molar-refractivity contribution in [1.82, 2.24) is 34.6 Å². The number of oxazole rings is 1. The molecule has 0 aromatic carbocycles. The molecule has 6 heterocycles. The minimum absolute atomic E-state index is 0.0345. The molecule has 0 saturated carbocycles. The fourth-order valence-corrected chi connectivity index (χ4v) is 4.58. The van der Waals surface area contributed by atoms with Crippen molar-refractivity contribution in [2.75, 3.05) is 30.8 Å². The molecule has 0 amide bonds. The number of nitrogens with two attached hydrogens (primary N) is 1. The van der Waals surface area contributed by atoms with Gasteiger partial charge in [0.25, 0.3) is 0 Å². The first kappa shape index (κ1) is 23.7. The zero-order chi connectivity index (χ0) is 26.2. The van der Waals surface area contributed by atoms with E-state index >= 15 is 0 Å². The van der Waals surface area contributed by atoms with Crippen molar-refractivity contribution >= 4 is 23.1 Å². The lowest BCUT2D eigenvalue weighted by Crippen LogP contribution is -2.57. The number of nitrogen functional groups attached to an aromatic ring is 1. The number of pyridine rings is 2. The van der Waals surface area contributed by atoms with E-state index in [1.54, 1.807) is 6.20 Å². The molecule has 1 saturated heterocycles. The van der Waals surface area contributed by atoms with Crippen LogP contribution in [0, 0.1) is 6.92 Å². The minimum atomic E-state index is -0.207.